The first-order valence-corrected chi connectivity index (χ1v) is 12.3. The molecule has 28 heavy (non-hydrogen) atoms. The molecule has 0 aromatic heterocycles. The lowest BCUT2D eigenvalue weighted by molar-refractivity contribution is 0.236. The van der Waals surface area contributed by atoms with Crippen molar-refractivity contribution in [2.75, 3.05) is 13.2 Å². The van der Waals surface area contributed by atoms with Crippen molar-refractivity contribution in [2.24, 2.45) is 5.92 Å². The molecule has 0 bridgehead atoms. The van der Waals surface area contributed by atoms with Crippen LogP contribution in [0.5, 0.6) is 0 Å². The molecule has 2 nitrogen and oxygen atoms in total. The minimum absolute atomic E-state index is 0.0271. The molecular formula is C25H36O2Si. The van der Waals surface area contributed by atoms with Crippen molar-refractivity contribution in [3.05, 3.63) is 72.8 Å². The number of unbranched alkanes of at least 4 members (excludes halogenated alkanes) is 1. The maximum atomic E-state index is 8.84. The minimum atomic E-state index is -2.42. The Morgan fingerprint density at radius 2 is 1.46 bits per heavy atom. The summed E-state index contributed by atoms with van der Waals surface area (Å²) in [5, 5.41) is 11.5. The highest BCUT2D eigenvalue weighted by Gasteiger charge is 2.50. The van der Waals surface area contributed by atoms with Gasteiger partial charge in [-0.2, -0.15) is 0 Å². The molecule has 0 spiro atoms. The zero-order valence-corrected chi connectivity index (χ0v) is 18.9. The zero-order chi connectivity index (χ0) is 20.5. The van der Waals surface area contributed by atoms with Crippen LogP contribution in [0.3, 0.4) is 0 Å². The van der Waals surface area contributed by atoms with E-state index in [0.717, 1.165) is 25.9 Å². The topological polar surface area (TPSA) is 29.5 Å². The Bertz CT molecular complexity index is 665. The van der Waals surface area contributed by atoms with Gasteiger partial charge in [0.1, 0.15) is 0 Å². The summed E-state index contributed by atoms with van der Waals surface area (Å²) >= 11 is 0. The van der Waals surface area contributed by atoms with Crippen LogP contribution in [0.2, 0.25) is 5.04 Å². The average molecular weight is 397 g/mol. The van der Waals surface area contributed by atoms with Gasteiger partial charge in [0.25, 0.3) is 8.32 Å². The van der Waals surface area contributed by atoms with E-state index in [9.17, 15) is 0 Å². The lowest BCUT2D eigenvalue weighted by Gasteiger charge is -2.43. The van der Waals surface area contributed by atoms with Gasteiger partial charge in [-0.3, -0.25) is 0 Å². The fraction of sp³-hybridized carbons (Fsp3) is 0.440. The summed E-state index contributed by atoms with van der Waals surface area (Å²) in [5.41, 5.74) is 0. The van der Waals surface area contributed by atoms with Crippen molar-refractivity contribution >= 4 is 18.7 Å². The first-order chi connectivity index (χ1) is 13.4. The van der Waals surface area contributed by atoms with Crippen molar-refractivity contribution in [3.8, 4) is 0 Å². The van der Waals surface area contributed by atoms with Crippen LogP contribution < -0.4 is 10.4 Å². The summed E-state index contributed by atoms with van der Waals surface area (Å²) in [6, 6.07) is 21.7. The number of benzene rings is 2. The predicted octanol–water partition coefficient (Wildman–Crippen LogP) is 4.92. The van der Waals surface area contributed by atoms with Crippen molar-refractivity contribution in [1.29, 1.82) is 0 Å². The molecule has 0 fully saturated rings. The number of rotatable bonds is 10. The Morgan fingerprint density at radius 3 is 1.93 bits per heavy atom. The van der Waals surface area contributed by atoms with Crippen LogP contribution in [0.4, 0.5) is 0 Å². The second kappa shape index (κ2) is 10.8. The molecule has 0 aliphatic rings. The molecular weight excluding hydrogens is 360 g/mol. The van der Waals surface area contributed by atoms with Crippen LogP contribution in [0, 0.1) is 5.92 Å². The van der Waals surface area contributed by atoms with Crippen LogP contribution in [0.1, 0.15) is 47.0 Å². The van der Waals surface area contributed by atoms with E-state index in [1.807, 2.05) is 6.08 Å². The van der Waals surface area contributed by atoms with E-state index in [4.69, 9.17) is 9.53 Å². The molecule has 2 aromatic carbocycles. The van der Waals surface area contributed by atoms with Gasteiger partial charge in [0.2, 0.25) is 0 Å². The number of aliphatic hydroxyl groups excluding tert-OH is 1. The van der Waals surface area contributed by atoms with E-state index in [2.05, 4.69) is 94.4 Å². The number of allylic oxidation sites excluding steroid dienone is 1. The molecule has 3 heteroatoms. The quantitative estimate of drug-likeness (QED) is 0.351. The normalized spacial score (nSPS) is 13.8. The van der Waals surface area contributed by atoms with Gasteiger partial charge in [-0.15, -0.1) is 0 Å². The molecule has 0 aliphatic heterocycles. The summed E-state index contributed by atoms with van der Waals surface area (Å²) in [5.74, 6) is 0.504. The highest BCUT2D eigenvalue weighted by atomic mass is 28.4. The fourth-order valence-corrected chi connectivity index (χ4v) is 8.58. The molecule has 1 atom stereocenters. The molecule has 1 N–H and O–H groups in total. The fourth-order valence-electron chi connectivity index (χ4n) is 3.89. The molecule has 0 saturated heterocycles. The van der Waals surface area contributed by atoms with E-state index in [1.165, 1.54) is 10.4 Å². The van der Waals surface area contributed by atoms with Gasteiger partial charge in [-0.25, -0.2) is 0 Å². The van der Waals surface area contributed by atoms with Gasteiger partial charge in [0.15, 0.2) is 0 Å². The first-order valence-electron chi connectivity index (χ1n) is 10.4. The maximum Gasteiger partial charge on any atom is 0.261 e. The molecule has 0 radical (unpaired) electrons. The molecule has 2 aromatic rings. The second-order valence-corrected chi connectivity index (χ2v) is 13.0. The third-order valence-electron chi connectivity index (χ3n) is 5.34. The minimum Gasteiger partial charge on any atom is -0.407 e. The van der Waals surface area contributed by atoms with Gasteiger partial charge < -0.3 is 9.53 Å². The number of aliphatic hydroxyl groups is 1. The lowest BCUT2D eigenvalue weighted by Crippen LogP contribution is -2.66. The average Bonchev–Trinajstić information content (AvgIpc) is 2.69. The third-order valence-corrected chi connectivity index (χ3v) is 10.3. The molecule has 0 heterocycles. The summed E-state index contributed by atoms with van der Waals surface area (Å²) in [6.07, 6.45) is 7.17. The lowest BCUT2D eigenvalue weighted by atomic mass is 10.1. The smallest absolute Gasteiger partial charge is 0.261 e. The molecule has 0 unspecified atom stereocenters. The summed E-state index contributed by atoms with van der Waals surface area (Å²) in [4.78, 5) is 0. The van der Waals surface area contributed by atoms with Gasteiger partial charge in [-0.1, -0.05) is 101 Å². The summed E-state index contributed by atoms with van der Waals surface area (Å²) in [6.45, 7) is 10.2. The number of hydrogen-bond donors (Lipinski definition) is 1. The Morgan fingerprint density at radius 1 is 0.929 bits per heavy atom. The van der Waals surface area contributed by atoms with Crippen LogP contribution in [-0.4, -0.2) is 26.6 Å². The third kappa shape index (κ3) is 5.66. The molecule has 0 saturated carbocycles. The summed E-state index contributed by atoms with van der Waals surface area (Å²) in [7, 11) is -2.42. The zero-order valence-electron chi connectivity index (χ0n) is 17.9. The molecule has 0 amide bonds. The summed E-state index contributed by atoms with van der Waals surface area (Å²) < 4.78 is 6.99. The van der Waals surface area contributed by atoms with E-state index in [-0.39, 0.29) is 11.6 Å². The van der Waals surface area contributed by atoms with Crippen LogP contribution in [0.25, 0.3) is 0 Å². The Labute approximate surface area is 172 Å². The molecule has 152 valence electrons. The van der Waals surface area contributed by atoms with Crippen molar-refractivity contribution < 1.29 is 9.53 Å². The van der Waals surface area contributed by atoms with Gasteiger partial charge in [0.05, 0.1) is 6.61 Å². The van der Waals surface area contributed by atoms with Gasteiger partial charge in [0, 0.05) is 6.61 Å². The highest BCUT2D eigenvalue weighted by molar-refractivity contribution is 6.99. The first kappa shape index (κ1) is 22.6. The van der Waals surface area contributed by atoms with E-state index in [0.29, 0.717) is 5.92 Å². The molecule has 2 rings (SSSR count). The second-order valence-electron chi connectivity index (χ2n) is 8.66. The largest absolute Gasteiger partial charge is 0.407 e. The SMILES string of the molecule is C[C@@H](CCC/C=C/CO)CO[Si](c1ccccc1)(c1ccccc1)C(C)(C)C. The van der Waals surface area contributed by atoms with Gasteiger partial charge >= 0.3 is 0 Å². The van der Waals surface area contributed by atoms with Crippen LogP contribution in [-0.2, 0) is 4.43 Å². The van der Waals surface area contributed by atoms with Crippen molar-refractivity contribution in [2.45, 2.75) is 52.0 Å². The van der Waals surface area contributed by atoms with Crippen molar-refractivity contribution in [3.63, 3.8) is 0 Å². The van der Waals surface area contributed by atoms with E-state index in [1.54, 1.807) is 0 Å². The van der Waals surface area contributed by atoms with Gasteiger partial charge in [-0.05, 0) is 40.6 Å². The highest BCUT2D eigenvalue weighted by Crippen LogP contribution is 2.37. The van der Waals surface area contributed by atoms with Crippen LogP contribution >= 0.6 is 0 Å². The standard InChI is InChI=1S/C25H36O2Si/c1-22(15-9-5-6-14-20-26)21-27-28(25(2,3)4,23-16-10-7-11-17-23)24-18-12-8-13-19-24/h6-8,10-14,16-19,22,26H,5,9,15,20-21H2,1-4H3/b14-6+/t22-/m0/s1. The van der Waals surface area contributed by atoms with E-state index < -0.39 is 8.32 Å². The molecule has 0 aliphatic carbocycles. The number of hydrogen-bond acceptors (Lipinski definition) is 2. The monoisotopic (exact) mass is 396 g/mol. The predicted molar refractivity (Wildman–Crippen MR) is 123 cm³/mol. The Balaban J connectivity index is 2.25. The van der Waals surface area contributed by atoms with Crippen molar-refractivity contribution in [1.82, 2.24) is 0 Å². The maximum absolute atomic E-state index is 8.84. The van der Waals surface area contributed by atoms with E-state index >= 15 is 0 Å². The van der Waals surface area contributed by atoms with Crippen LogP contribution in [0.15, 0.2) is 72.8 Å². The Kier molecular flexibility index (Phi) is 8.68. The Hall–Kier alpha value is -1.68.